The third-order valence-corrected chi connectivity index (χ3v) is 5.85. The summed E-state index contributed by atoms with van der Waals surface area (Å²) in [6.07, 6.45) is 6.16. The molecular formula is C19H23N5O2S. The highest BCUT2D eigenvalue weighted by Crippen LogP contribution is 2.42. The number of rotatable bonds is 3. The first-order chi connectivity index (χ1) is 12.6. The van der Waals surface area contributed by atoms with Crippen LogP contribution in [-0.4, -0.2) is 36.9 Å². The third kappa shape index (κ3) is 3.46. The second-order valence-electron chi connectivity index (χ2n) is 8.18. The van der Waals surface area contributed by atoms with Gasteiger partial charge in [-0.15, -0.1) is 0 Å². The first kappa shape index (κ1) is 18.1. The first-order valence-corrected chi connectivity index (χ1v) is 9.71. The highest BCUT2D eigenvalue weighted by atomic mass is 32.1. The molecule has 0 aliphatic carbocycles. The van der Waals surface area contributed by atoms with E-state index in [0.717, 1.165) is 15.8 Å². The van der Waals surface area contributed by atoms with E-state index in [9.17, 15) is 4.79 Å². The van der Waals surface area contributed by atoms with Crippen molar-refractivity contribution >= 4 is 33.4 Å². The Kier molecular flexibility index (Phi) is 4.08. The summed E-state index contributed by atoms with van der Waals surface area (Å²) < 4.78 is 7.77. The van der Waals surface area contributed by atoms with Crippen molar-refractivity contribution in [2.75, 3.05) is 5.32 Å². The molecule has 0 saturated carbocycles. The fourth-order valence-corrected chi connectivity index (χ4v) is 4.60. The van der Waals surface area contributed by atoms with Crippen molar-refractivity contribution in [1.29, 1.82) is 0 Å². The highest BCUT2D eigenvalue weighted by Gasteiger charge is 2.49. The van der Waals surface area contributed by atoms with Crippen molar-refractivity contribution < 1.29 is 9.53 Å². The molecule has 1 amide bonds. The number of aryl methyl sites for hydroxylation is 1. The predicted octanol–water partition coefficient (Wildman–Crippen LogP) is 3.62. The van der Waals surface area contributed by atoms with E-state index in [4.69, 9.17) is 4.74 Å². The largest absolute Gasteiger partial charge is 0.369 e. The van der Waals surface area contributed by atoms with Gasteiger partial charge in [0.2, 0.25) is 5.91 Å². The Morgan fingerprint density at radius 2 is 2.07 bits per heavy atom. The molecule has 1 N–H and O–H groups in total. The Morgan fingerprint density at radius 3 is 2.78 bits per heavy atom. The lowest BCUT2D eigenvalue weighted by atomic mass is 9.87. The molecular weight excluding hydrogens is 362 g/mol. The standard InChI is InChI=1S/C19H23N5O2S/c1-18(2)7-13(19(3,4)26-18)16(25)22-17-21-9-14(27-17)11-6-12-10-24(5)23-15(12)20-8-11/h6,8-10,13H,7H2,1-5H3,(H,21,22,25). The van der Waals surface area contributed by atoms with Crippen LogP contribution in [0.15, 0.2) is 24.7 Å². The Morgan fingerprint density at radius 1 is 1.30 bits per heavy atom. The predicted molar refractivity (Wildman–Crippen MR) is 106 cm³/mol. The number of amides is 1. The van der Waals surface area contributed by atoms with Crippen LogP contribution >= 0.6 is 11.3 Å². The van der Waals surface area contributed by atoms with E-state index in [0.29, 0.717) is 17.2 Å². The van der Waals surface area contributed by atoms with E-state index < -0.39 is 5.60 Å². The molecule has 3 aromatic rings. The molecule has 1 fully saturated rings. The lowest BCUT2D eigenvalue weighted by Gasteiger charge is -2.26. The fraction of sp³-hybridized carbons (Fsp3) is 0.474. The summed E-state index contributed by atoms with van der Waals surface area (Å²) in [5.41, 5.74) is 0.873. The van der Waals surface area contributed by atoms with Gasteiger partial charge in [-0.2, -0.15) is 5.10 Å². The molecule has 142 valence electrons. The van der Waals surface area contributed by atoms with Gasteiger partial charge in [0.1, 0.15) is 0 Å². The number of carbonyl (C=O) groups is 1. The molecule has 1 unspecified atom stereocenters. The maximum Gasteiger partial charge on any atom is 0.232 e. The van der Waals surface area contributed by atoms with Gasteiger partial charge in [-0.05, 0) is 40.2 Å². The number of aromatic nitrogens is 4. The monoisotopic (exact) mass is 385 g/mol. The van der Waals surface area contributed by atoms with Gasteiger partial charge in [-0.3, -0.25) is 9.48 Å². The number of hydrogen-bond acceptors (Lipinski definition) is 6. The van der Waals surface area contributed by atoms with Crippen LogP contribution in [0.1, 0.15) is 34.1 Å². The zero-order valence-electron chi connectivity index (χ0n) is 16.1. The zero-order chi connectivity index (χ0) is 19.4. The lowest BCUT2D eigenvalue weighted by Crippen LogP contribution is -2.36. The van der Waals surface area contributed by atoms with E-state index in [1.54, 1.807) is 17.1 Å². The molecule has 3 aromatic heterocycles. The van der Waals surface area contributed by atoms with E-state index in [1.807, 2.05) is 47.0 Å². The van der Waals surface area contributed by atoms with Gasteiger partial charge in [-0.1, -0.05) is 11.3 Å². The number of anilines is 1. The molecule has 4 heterocycles. The minimum atomic E-state index is -0.497. The molecule has 1 aliphatic heterocycles. The summed E-state index contributed by atoms with van der Waals surface area (Å²) in [5.74, 6) is -0.263. The minimum Gasteiger partial charge on any atom is -0.369 e. The molecule has 4 rings (SSSR count). The molecule has 27 heavy (non-hydrogen) atoms. The molecule has 0 radical (unpaired) electrons. The summed E-state index contributed by atoms with van der Waals surface area (Å²) >= 11 is 1.44. The Bertz CT molecular complexity index is 1020. The number of nitrogens with one attached hydrogen (secondary N) is 1. The van der Waals surface area contributed by atoms with Crippen LogP contribution in [0.25, 0.3) is 21.5 Å². The minimum absolute atomic E-state index is 0.0488. The maximum absolute atomic E-state index is 12.8. The van der Waals surface area contributed by atoms with E-state index in [1.165, 1.54) is 11.3 Å². The third-order valence-electron chi connectivity index (χ3n) is 4.88. The molecule has 7 nitrogen and oxygen atoms in total. The Labute approximate surface area is 161 Å². The van der Waals surface area contributed by atoms with Gasteiger partial charge in [0.25, 0.3) is 0 Å². The van der Waals surface area contributed by atoms with Crippen molar-refractivity contribution in [3.63, 3.8) is 0 Å². The van der Waals surface area contributed by atoms with Crippen LogP contribution in [0.2, 0.25) is 0 Å². The molecule has 1 aliphatic rings. The van der Waals surface area contributed by atoms with Gasteiger partial charge in [0.05, 0.1) is 22.0 Å². The normalized spacial score (nSPS) is 20.9. The van der Waals surface area contributed by atoms with Gasteiger partial charge < -0.3 is 10.1 Å². The van der Waals surface area contributed by atoms with Crippen molar-refractivity contribution in [1.82, 2.24) is 19.7 Å². The van der Waals surface area contributed by atoms with Crippen LogP contribution in [0.3, 0.4) is 0 Å². The smallest absolute Gasteiger partial charge is 0.232 e. The van der Waals surface area contributed by atoms with Gasteiger partial charge in [0.15, 0.2) is 10.8 Å². The fourth-order valence-electron chi connectivity index (χ4n) is 3.80. The van der Waals surface area contributed by atoms with Crippen molar-refractivity contribution in [2.24, 2.45) is 13.0 Å². The molecule has 0 spiro atoms. The van der Waals surface area contributed by atoms with E-state index in [-0.39, 0.29) is 17.4 Å². The number of ether oxygens (including phenoxy) is 1. The average Bonchev–Trinajstić information content (AvgIpc) is 3.21. The number of fused-ring (bicyclic) bond motifs is 1. The van der Waals surface area contributed by atoms with Gasteiger partial charge in [-0.25, -0.2) is 9.97 Å². The molecule has 8 heteroatoms. The zero-order valence-corrected chi connectivity index (χ0v) is 16.9. The van der Waals surface area contributed by atoms with E-state index in [2.05, 4.69) is 20.4 Å². The van der Waals surface area contributed by atoms with Gasteiger partial charge in [0, 0.05) is 36.6 Å². The Balaban J connectivity index is 1.53. The van der Waals surface area contributed by atoms with Crippen LogP contribution < -0.4 is 5.32 Å². The maximum atomic E-state index is 12.8. The summed E-state index contributed by atoms with van der Waals surface area (Å²) in [6.45, 7) is 7.97. The van der Waals surface area contributed by atoms with Gasteiger partial charge >= 0.3 is 0 Å². The topological polar surface area (TPSA) is 81.9 Å². The number of nitrogens with zero attached hydrogens (tertiary/aromatic N) is 4. The number of hydrogen-bond donors (Lipinski definition) is 1. The number of pyridine rings is 1. The summed E-state index contributed by atoms with van der Waals surface area (Å²) in [5, 5.41) is 8.80. The summed E-state index contributed by atoms with van der Waals surface area (Å²) in [4.78, 5) is 22.5. The van der Waals surface area contributed by atoms with Crippen LogP contribution in [0, 0.1) is 5.92 Å². The number of thiazole rings is 1. The lowest BCUT2D eigenvalue weighted by molar-refractivity contribution is -0.126. The van der Waals surface area contributed by atoms with E-state index >= 15 is 0 Å². The molecule has 0 bridgehead atoms. The van der Waals surface area contributed by atoms with Crippen LogP contribution in [0.5, 0.6) is 0 Å². The molecule has 1 atom stereocenters. The van der Waals surface area contributed by atoms with Crippen LogP contribution in [-0.2, 0) is 16.6 Å². The Hall–Kier alpha value is -2.32. The first-order valence-electron chi connectivity index (χ1n) is 8.90. The summed E-state index contributed by atoms with van der Waals surface area (Å²) in [6, 6.07) is 2.03. The summed E-state index contributed by atoms with van der Waals surface area (Å²) in [7, 11) is 1.87. The SMILES string of the molecule is Cn1cc2cc(-c3cnc(NC(=O)C4CC(C)(C)OC4(C)C)s3)cnc2n1. The quantitative estimate of drug-likeness (QED) is 0.745. The van der Waals surface area contributed by atoms with Crippen molar-refractivity contribution in [2.45, 2.75) is 45.3 Å². The average molecular weight is 385 g/mol. The van der Waals surface area contributed by atoms with Crippen LogP contribution in [0.4, 0.5) is 5.13 Å². The molecule has 1 saturated heterocycles. The highest BCUT2D eigenvalue weighted by molar-refractivity contribution is 7.19. The number of carbonyl (C=O) groups excluding carboxylic acids is 1. The molecule has 0 aromatic carbocycles. The second kappa shape index (κ2) is 6.10. The van der Waals surface area contributed by atoms with Crippen molar-refractivity contribution in [3.05, 3.63) is 24.7 Å². The van der Waals surface area contributed by atoms with Crippen molar-refractivity contribution in [3.8, 4) is 10.4 Å². The second-order valence-corrected chi connectivity index (χ2v) is 9.21.